The van der Waals surface area contributed by atoms with E-state index in [1.165, 1.54) is 6.07 Å². The number of alkyl halides is 3. The van der Waals surface area contributed by atoms with Crippen LogP contribution in [0.2, 0.25) is 5.02 Å². The van der Waals surface area contributed by atoms with E-state index >= 15 is 0 Å². The summed E-state index contributed by atoms with van der Waals surface area (Å²) in [5.41, 5.74) is 0.735. The van der Waals surface area contributed by atoms with Crippen LogP contribution in [0.25, 0.3) is 22.0 Å². The molecular formula is C24H25ClF3N3O. The fourth-order valence-electron chi connectivity index (χ4n) is 4.44. The zero-order chi connectivity index (χ0) is 23.0. The van der Waals surface area contributed by atoms with Gasteiger partial charge in [-0.3, -0.25) is 9.36 Å². The number of benzene rings is 2. The Labute approximate surface area is 189 Å². The van der Waals surface area contributed by atoms with Gasteiger partial charge >= 0.3 is 6.18 Å². The highest BCUT2D eigenvalue weighted by Crippen LogP contribution is 2.32. The van der Waals surface area contributed by atoms with Crippen LogP contribution in [0.15, 0.2) is 47.3 Å². The summed E-state index contributed by atoms with van der Waals surface area (Å²) in [7, 11) is 0. The second kappa shape index (κ2) is 8.87. The topological polar surface area (TPSA) is 38.1 Å². The highest BCUT2D eigenvalue weighted by molar-refractivity contribution is 6.33. The van der Waals surface area contributed by atoms with Gasteiger partial charge in [-0.1, -0.05) is 35.9 Å². The lowest BCUT2D eigenvalue weighted by atomic mass is 9.96. The fraction of sp³-hybridized carbons (Fsp3) is 0.417. The lowest BCUT2D eigenvalue weighted by Gasteiger charge is -2.35. The quantitative estimate of drug-likeness (QED) is 0.486. The Bertz CT molecular complexity index is 1190. The van der Waals surface area contributed by atoms with Crippen LogP contribution in [-0.4, -0.2) is 33.6 Å². The summed E-state index contributed by atoms with van der Waals surface area (Å²) in [6.45, 7) is 5.73. The first kappa shape index (κ1) is 22.8. The van der Waals surface area contributed by atoms with Gasteiger partial charge in [-0.15, -0.1) is 0 Å². The standard InChI is InChI=1S/C24H25ClF3N3O/c1-15(2)30-11-5-6-16(13-30)14-31-22(32)19-12-17(18-7-3-4-8-20(18)25)9-10-21(19)29-23(31)24(26,27)28/h3-4,7-10,12,15-16H,5-6,11,13-14H2,1-2H3/t16-/m0/s1. The van der Waals surface area contributed by atoms with E-state index in [1.807, 2.05) is 12.1 Å². The van der Waals surface area contributed by atoms with E-state index in [-0.39, 0.29) is 23.4 Å². The van der Waals surface area contributed by atoms with Gasteiger partial charge in [-0.2, -0.15) is 13.2 Å². The third-order valence-electron chi connectivity index (χ3n) is 6.11. The number of fused-ring (bicyclic) bond motifs is 1. The molecule has 0 unspecified atom stereocenters. The van der Waals surface area contributed by atoms with Crippen molar-refractivity contribution in [1.29, 1.82) is 0 Å². The minimum Gasteiger partial charge on any atom is -0.301 e. The summed E-state index contributed by atoms with van der Waals surface area (Å²) >= 11 is 6.28. The molecule has 0 N–H and O–H groups in total. The van der Waals surface area contributed by atoms with E-state index in [4.69, 9.17) is 11.6 Å². The maximum atomic E-state index is 13.9. The highest BCUT2D eigenvalue weighted by Gasteiger charge is 2.38. The molecule has 4 rings (SSSR count). The molecule has 0 aliphatic carbocycles. The maximum Gasteiger partial charge on any atom is 0.449 e. The van der Waals surface area contributed by atoms with Crippen molar-refractivity contribution in [2.75, 3.05) is 13.1 Å². The lowest BCUT2D eigenvalue weighted by molar-refractivity contribution is -0.148. The van der Waals surface area contributed by atoms with E-state index < -0.39 is 17.6 Å². The van der Waals surface area contributed by atoms with Gasteiger partial charge < -0.3 is 4.90 Å². The molecule has 0 radical (unpaired) electrons. The summed E-state index contributed by atoms with van der Waals surface area (Å²) in [5.74, 6) is -1.18. The normalized spacial score (nSPS) is 17.9. The van der Waals surface area contributed by atoms with E-state index in [0.717, 1.165) is 24.0 Å². The largest absolute Gasteiger partial charge is 0.449 e. The molecule has 1 aromatic heterocycles. The fourth-order valence-corrected chi connectivity index (χ4v) is 4.69. The Kier molecular flexibility index (Phi) is 6.32. The molecule has 1 atom stereocenters. The number of piperidine rings is 1. The van der Waals surface area contributed by atoms with Crippen LogP contribution >= 0.6 is 11.6 Å². The first-order valence-electron chi connectivity index (χ1n) is 10.8. The third-order valence-corrected chi connectivity index (χ3v) is 6.44. The lowest BCUT2D eigenvalue weighted by Crippen LogP contribution is -2.43. The Morgan fingerprint density at radius 3 is 2.62 bits per heavy atom. The maximum absolute atomic E-state index is 13.9. The minimum atomic E-state index is -4.72. The van der Waals surface area contributed by atoms with E-state index in [1.54, 1.807) is 24.3 Å². The zero-order valence-corrected chi connectivity index (χ0v) is 18.7. The molecule has 1 aliphatic heterocycles. The van der Waals surface area contributed by atoms with Crippen LogP contribution in [0.5, 0.6) is 0 Å². The summed E-state index contributed by atoms with van der Waals surface area (Å²) < 4.78 is 42.4. The minimum absolute atomic E-state index is 0.00381. The molecule has 2 aromatic carbocycles. The van der Waals surface area contributed by atoms with Crippen molar-refractivity contribution in [1.82, 2.24) is 14.5 Å². The molecule has 4 nitrogen and oxygen atoms in total. The molecule has 170 valence electrons. The molecule has 32 heavy (non-hydrogen) atoms. The van der Waals surface area contributed by atoms with Crippen molar-refractivity contribution in [2.24, 2.45) is 5.92 Å². The second-order valence-electron chi connectivity index (χ2n) is 8.66. The van der Waals surface area contributed by atoms with Crippen LogP contribution in [0, 0.1) is 5.92 Å². The van der Waals surface area contributed by atoms with Gasteiger partial charge in [-0.05, 0) is 62.9 Å². The highest BCUT2D eigenvalue weighted by atomic mass is 35.5. The van der Waals surface area contributed by atoms with Gasteiger partial charge in [0, 0.05) is 29.7 Å². The number of rotatable bonds is 4. The molecule has 8 heteroatoms. The van der Waals surface area contributed by atoms with Gasteiger partial charge in [0.2, 0.25) is 5.82 Å². The van der Waals surface area contributed by atoms with Crippen molar-refractivity contribution in [3.63, 3.8) is 0 Å². The number of nitrogens with zero attached hydrogens (tertiary/aromatic N) is 3. The number of halogens is 4. The Hall–Kier alpha value is -2.38. The summed E-state index contributed by atoms with van der Waals surface area (Å²) in [5, 5.41) is 0.662. The molecule has 1 saturated heterocycles. The van der Waals surface area contributed by atoms with Crippen molar-refractivity contribution in [3.05, 3.63) is 63.7 Å². The Balaban J connectivity index is 1.81. The van der Waals surface area contributed by atoms with Crippen LogP contribution in [0.1, 0.15) is 32.5 Å². The monoisotopic (exact) mass is 463 g/mol. The Morgan fingerprint density at radius 2 is 1.94 bits per heavy atom. The molecule has 0 bridgehead atoms. The molecule has 2 heterocycles. The van der Waals surface area contributed by atoms with Gasteiger partial charge in [0.05, 0.1) is 10.9 Å². The Morgan fingerprint density at radius 1 is 1.19 bits per heavy atom. The van der Waals surface area contributed by atoms with E-state index in [9.17, 15) is 18.0 Å². The van der Waals surface area contributed by atoms with Crippen molar-refractivity contribution in [2.45, 2.75) is 45.5 Å². The van der Waals surface area contributed by atoms with Gasteiger partial charge in [0.1, 0.15) is 0 Å². The number of aromatic nitrogens is 2. The SMILES string of the molecule is CC(C)N1CCC[C@H](Cn2c(C(F)(F)F)nc3ccc(-c4ccccc4Cl)cc3c2=O)C1. The number of likely N-dealkylation sites (tertiary alicyclic amines) is 1. The molecule has 0 spiro atoms. The summed E-state index contributed by atoms with van der Waals surface area (Å²) in [6.07, 6.45) is -3.04. The van der Waals surface area contributed by atoms with Crippen LogP contribution in [-0.2, 0) is 12.7 Å². The molecule has 1 aliphatic rings. The van der Waals surface area contributed by atoms with Crippen LogP contribution in [0.3, 0.4) is 0 Å². The predicted molar refractivity (Wildman–Crippen MR) is 121 cm³/mol. The number of hydrogen-bond acceptors (Lipinski definition) is 3. The van der Waals surface area contributed by atoms with Crippen molar-refractivity contribution < 1.29 is 13.2 Å². The third kappa shape index (κ3) is 4.55. The number of hydrogen-bond donors (Lipinski definition) is 0. The van der Waals surface area contributed by atoms with E-state index in [0.29, 0.717) is 28.7 Å². The average Bonchev–Trinajstić information content (AvgIpc) is 2.75. The predicted octanol–water partition coefficient (Wildman–Crippen LogP) is 5.86. The van der Waals surface area contributed by atoms with E-state index in [2.05, 4.69) is 23.7 Å². The molecular weight excluding hydrogens is 439 g/mol. The summed E-state index contributed by atoms with van der Waals surface area (Å²) in [6, 6.07) is 12.1. The second-order valence-corrected chi connectivity index (χ2v) is 9.06. The zero-order valence-electron chi connectivity index (χ0n) is 18.0. The first-order chi connectivity index (χ1) is 15.1. The molecule has 3 aromatic rings. The first-order valence-corrected chi connectivity index (χ1v) is 11.1. The van der Waals surface area contributed by atoms with Crippen LogP contribution in [0.4, 0.5) is 13.2 Å². The molecule has 0 amide bonds. The van der Waals surface area contributed by atoms with Crippen molar-refractivity contribution >= 4 is 22.5 Å². The molecule has 1 fully saturated rings. The van der Waals surface area contributed by atoms with Gasteiger partial charge in [0.15, 0.2) is 0 Å². The smallest absolute Gasteiger partial charge is 0.301 e. The van der Waals surface area contributed by atoms with Crippen molar-refractivity contribution in [3.8, 4) is 11.1 Å². The summed E-state index contributed by atoms with van der Waals surface area (Å²) in [4.78, 5) is 19.5. The van der Waals surface area contributed by atoms with Gasteiger partial charge in [-0.25, -0.2) is 4.98 Å². The average molecular weight is 464 g/mol. The van der Waals surface area contributed by atoms with Gasteiger partial charge in [0.25, 0.3) is 5.56 Å². The molecule has 0 saturated carbocycles. The van der Waals surface area contributed by atoms with Crippen LogP contribution < -0.4 is 5.56 Å².